The van der Waals surface area contributed by atoms with Crippen LogP contribution in [0, 0.1) is 5.92 Å². The van der Waals surface area contributed by atoms with Gasteiger partial charge in [-0.25, -0.2) is 0 Å². The third kappa shape index (κ3) is 5.11. The van der Waals surface area contributed by atoms with E-state index in [1.54, 1.807) is 0 Å². The van der Waals surface area contributed by atoms with E-state index < -0.39 is 0 Å². The van der Waals surface area contributed by atoms with Crippen molar-refractivity contribution in [3.05, 3.63) is 35.9 Å². The Morgan fingerprint density at radius 2 is 1.91 bits per heavy atom. The van der Waals surface area contributed by atoms with E-state index in [-0.39, 0.29) is 11.8 Å². The maximum atomic E-state index is 12.5. The van der Waals surface area contributed by atoms with E-state index in [2.05, 4.69) is 29.4 Å². The summed E-state index contributed by atoms with van der Waals surface area (Å²) in [6.45, 7) is 10.4. The van der Waals surface area contributed by atoms with Crippen molar-refractivity contribution < 1.29 is 4.79 Å². The van der Waals surface area contributed by atoms with Crippen molar-refractivity contribution in [3.8, 4) is 0 Å². The van der Waals surface area contributed by atoms with Gasteiger partial charge >= 0.3 is 0 Å². The van der Waals surface area contributed by atoms with Gasteiger partial charge in [-0.1, -0.05) is 44.2 Å². The van der Waals surface area contributed by atoms with Crippen LogP contribution in [0.2, 0.25) is 0 Å². The molecule has 0 saturated carbocycles. The lowest BCUT2D eigenvalue weighted by Crippen LogP contribution is -2.44. The van der Waals surface area contributed by atoms with Crippen LogP contribution in [0.15, 0.2) is 30.3 Å². The second-order valence-electron chi connectivity index (χ2n) is 6.37. The van der Waals surface area contributed by atoms with Crippen LogP contribution in [0.4, 0.5) is 0 Å². The van der Waals surface area contributed by atoms with Crippen molar-refractivity contribution in [2.75, 3.05) is 39.3 Å². The van der Waals surface area contributed by atoms with Gasteiger partial charge in [0, 0.05) is 32.7 Å². The fourth-order valence-electron chi connectivity index (χ4n) is 3.06. The number of hydrogen-bond donors (Lipinski definition) is 2. The van der Waals surface area contributed by atoms with Gasteiger partial charge in [0.2, 0.25) is 5.91 Å². The average Bonchev–Trinajstić information content (AvgIpc) is 2.53. The maximum Gasteiger partial charge on any atom is 0.227 e. The molecule has 1 aliphatic heterocycles. The van der Waals surface area contributed by atoms with Crippen molar-refractivity contribution in [2.45, 2.75) is 26.2 Å². The summed E-state index contributed by atoms with van der Waals surface area (Å²) in [5.74, 6) is 0.400. The quantitative estimate of drug-likeness (QED) is 0.756. The number of carbonyl (C=O) groups excluding carboxylic acids is 1. The van der Waals surface area contributed by atoms with Gasteiger partial charge in [-0.15, -0.1) is 0 Å². The van der Waals surface area contributed by atoms with Crippen molar-refractivity contribution >= 4 is 5.91 Å². The van der Waals surface area contributed by atoms with Crippen molar-refractivity contribution in [1.29, 1.82) is 0 Å². The molecule has 0 radical (unpaired) electrons. The number of hydrogen-bond acceptors (Lipinski definition) is 3. The summed E-state index contributed by atoms with van der Waals surface area (Å²) >= 11 is 0. The fraction of sp³-hybridized carbons (Fsp3) is 0.611. The molecule has 1 aromatic rings. The first-order chi connectivity index (χ1) is 10.7. The monoisotopic (exact) mass is 303 g/mol. The Morgan fingerprint density at radius 1 is 1.23 bits per heavy atom. The molecule has 2 N–H and O–H groups in total. The third-order valence-corrected chi connectivity index (χ3v) is 4.27. The van der Waals surface area contributed by atoms with E-state index >= 15 is 0 Å². The third-order valence-electron chi connectivity index (χ3n) is 4.27. The molecule has 2 rings (SSSR count). The van der Waals surface area contributed by atoms with E-state index in [4.69, 9.17) is 0 Å². The van der Waals surface area contributed by atoms with E-state index in [1.165, 1.54) is 0 Å². The van der Waals surface area contributed by atoms with Gasteiger partial charge in [0.15, 0.2) is 0 Å². The molecular formula is C18H29N3O. The SMILES string of the molecule is CC(C)C(C(=O)NCCCN1CCNCC1)c1ccccc1. The number of nitrogens with one attached hydrogen (secondary N) is 2. The van der Waals surface area contributed by atoms with E-state index in [1.807, 2.05) is 30.3 Å². The zero-order valence-electron chi connectivity index (χ0n) is 13.8. The van der Waals surface area contributed by atoms with Gasteiger partial charge in [-0.05, 0) is 24.4 Å². The van der Waals surface area contributed by atoms with Gasteiger partial charge < -0.3 is 15.5 Å². The molecule has 0 aliphatic carbocycles. The number of amides is 1. The van der Waals surface area contributed by atoms with Gasteiger partial charge in [0.1, 0.15) is 0 Å². The molecular weight excluding hydrogens is 274 g/mol. The summed E-state index contributed by atoms with van der Waals surface area (Å²) in [4.78, 5) is 15.0. The number of rotatable bonds is 7. The summed E-state index contributed by atoms with van der Waals surface area (Å²) in [5.41, 5.74) is 1.11. The molecule has 0 aromatic heterocycles. The molecule has 22 heavy (non-hydrogen) atoms. The second kappa shape index (κ2) is 8.91. The lowest BCUT2D eigenvalue weighted by atomic mass is 9.87. The molecule has 1 heterocycles. The summed E-state index contributed by atoms with van der Waals surface area (Å²) in [7, 11) is 0. The number of carbonyl (C=O) groups is 1. The predicted molar refractivity (Wildman–Crippen MR) is 91.0 cm³/mol. The molecule has 1 atom stereocenters. The minimum Gasteiger partial charge on any atom is -0.356 e. The molecule has 122 valence electrons. The lowest BCUT2D eigenvalue weighted by Gasteiger charge is -2.27. The van der Waals surface area contributed by atoms with Crippen LogP contribution in [-0.2, 0) is 4.79 Å². The Balaban J connectivity index is 1.76. The van der Waals surface area contributed by atoms with Crippen molar-refractivity contribution in [1.82, 2.24) is 15.5 Å². The molecule has 1 aliphatic rings. The van der Waals surface area contributed by atoms with Crippen molar-refractivity contribution in [2.24, 2.45) is 5.92 Å². The van der Waals surface area contributed by atoms with Crippen LogP contribution >= 0.6 is 0 Å². The number of piperazine rings is 1. The highest BCUT2D eigenvalue weighted by atomic mass is 16.1. The van der Waals surface area contributed by atoms with E-state index in [0.29, 0.717) is 5.92 Å². The summed E-state index contributed by atoms with van der Waals surface area (Å²) in [6, 6.07) is 10.1. The Kier molecular flexibility index (Phi) is 6.87. The fourth-order valence-corrected chi connectivity index (χ4v) is 3.06. The molecule has 1 amide bonds. The molecule has 1 unspecified atom stereocenters. The molecule has 1 aromatic carbocycles. The second-order valence-corrected chi connectivity index (χ2v) is 6.37. The predicted octanol–water partition coefficient (Wildman–Crippen LogP) is 1.84. The summed E-state index contributed by atoms with van der Waals surface area (Å²) < 4.78 is 0. The summed E-state index contributed by atoms with van der Waals surface area (Å²) in [5, 5.41) is 6.48. The number of nitrogens with zero attached hydrogens (tertiary/aromatic N) is 1. The highest BCUT2D eigenvalue weighted by Gasteiger charge is 2.23. The van der Waals surface area contributed by atoms with Crippen LogP contribution in [0.3, 0.4) is 0 Å². The Labute approximate surface area is 134 Å². The summed E-state index contributed by atoms with van der Waals surface area (Å²) in [6.07, 6.45) is 1.02. The highest BCUT2D eigenvalue weighted by Crippen LogP contribution is 2.24. The molecule has 1 fully saturated rings. The van der Waals surface area contributed by atoms with Crippen LogP contribution in [-0.4, -0.2) is 50.1 Å². The average molecular weight is 303 g/mol. The van der Waals surface area contributed by atoms with Crippen molar-refractivity contribution in [3.63, 3.8) is 0 Å². The minimum atomic E-state index is -0.0552. The van der Waals surface area contributed by atoms with Crippen LogP contribution in [0.25, 0.3) is 0 Å². The van der Waals surface area contributed by atoms with Crippen LogP contribution < -0.4 is 10.6 Å². The van der Waals surface area contributed by atoms with Crippen LogP contribution in [0.1, 0.15) is 31.7 Å². The van der Waals surface area contributed by atoms with E-state index in [0.717, 1.165) is 51.3 Å². The molecule has 4 heteroatoms. The Morgan fingerprint density at radius 3 is 2.55 bits per heavy atom. The first-order valence-electron chi connectivity index (χ1n) is 8.44. The normalized spacial score (nSPS) is 17.4. The Hall–Kier alpha value is -1.39. The molecule has 1 saturated heterocycles. The maximum absolute atomic E-state index is 12.5. The first kappa shape index (κ1) is 17.0. The zero-order chi connectivity index (χ0) is 15.8. The van der Waals surface area contributed by atoms with E-state index in [9.17, 15) is 4.79 Å². The largest absolute Gasteiger partial charge is 0.356 e. The lowest BCUT2D eigenvalue weighted by molar-refractivity contribution is -0.123. The van der Waals surface area contributed by atoms with Gasteiger partial charge in [-0.2, -0.15) is 0 Å². The molecule has 0 bridgehead atoms. The Bertz CT molecular complexity index is 441. The zero-order valence-corrected chi connectivity index (χ0v) is 13.8. The topological polar surface area (TPSA) is 44.4 Å². The minimum absolute atomic E-state index is 0.0552. The van der Waals surface area contributed by atoms with Gasteiger partial charge in [0.05, 0.1) is 5.92 Å². The molecule has 0 spiro atoms. The van der Waals surface area contributed by atoms with Gasteiger partial charge in [-0.3, -0.25) is 4.79 Å². The number of benzene rings is 1. The first-order valence-corrected chi connectivity index (χ1v) is 8.44. The van der Waals surface area contributed by atoms with Crippen LogP contribution in [0.5, 0.6) is 0 Å². The molecule has 4 nitrogen and oxygen atoms in total. The van der Waals surface area contributed by atoms with Gasteiger partial charge in [0.25, 0.3) is 0 Å². The standard InChI is InChI=1S/C18H29N3O/c1-15(2)17(16-7-4-3-5-8-16)18(22)20-9-6-12-21-13-10-19-11-14-21/h3-5,7-8,15,17,19H,6,9-14H2,1-2H3,(H,20,22). The highest BCUT2D eigenvalue weighted by molar-refractivity contribution is 5.83. The smallest absolute Gasteiger partial charge is 0.227 e.